The molecule has 2 rings (SSSR count). The van der Waals surface area contributed by atoms with Gasteiger partial charge in [-0.05, 0) is 61.1 Å². The van der Waals surface area contributed by atoms with Crippen molar-refractivity contribution >= 4 is 26.5 Å². The summed E-state index contributed by atoms with van der Waals surface area (Å²) in [7, 11) is -6.49. The Hall–Kier alpha value is -0.940. The first kappa shape index (κ1) is 66.2. The highest BCUT2D eigenvalue weighted by molar-refractivity contribution is 7.69. The summed E-state index contributed by atoms with van der Waals surface area (Å²) in [5.41, 5.74) is 1.96. The number of hydrogen-bond acceptors (Lipinski definition) is 6. The van der Waals surface area contributed by atoms with Gasteiger partial charge in [0.05, 0.1) is 26.4 Å². The van der Waals surface area contributed by atoms with E-state index < -0.39 is 15.9 Å². The molecule has 0 saturated carbocycles. The average molecular weight is 1030 g/mol. The normalized spacial score (nSPS) is 12.4. The Morgan fingerprint density at radius 3 is 0.761 bits per heavy atom. The lowest BCUT2D eigenvalue weighted by Crippen LogP contribution is -2.24. The minimum atomic E-state index is -3.65. The molecule has 2 aromatic rings. The summed E-state index contributed by atoms with van der Waals surface area (Å²) in [5.74, 6) is 0. The van der Waals surface area contributed by atoms with Gasteiger partial charge in [0, 0.05) is 5.41 Å². The van der Waals surface area contributed by atoms with E-state index in [1.807, 2.05) is 24.3 Å². The van der Waals surface area contributed by atoms with Crippen molar-refractivity contribution in [2.75, 3.05) is 26.4 Å². The molecular formula is C63H116O6P2+2. The van der Waals surface area contributed by atoms with Gasteiger partial charge in [-0.2, -0.15) is 27.9 Å². The third-order valence-electron chi connectivity index (χ3n) is 14.9. The fourth-order valence-electron chi connectivity index (χ4n) is 9.81. The van der Waals surface area contributed by atoms with Crippen molar-refractivity contribution in [1.82, 2.24) is 0 Å². The van der Waals surface area contributed by atoms with Crippen molar-refractivity contribution in [3.05, 3.63) is 59.7 Å². The molecule has 0 unspecified atom stereocenters. The summed E-state index contributed by atoms with van der Waals surface area (Å²) < 4.78 is 26.8. The van der Waals surface area contributed by atoms with E-state index in [1.54, 1.807) is 0 Å². The molecule has 0 spiro atoms. The largest absolute Gasteiger partial charge is 0.448 e. The molecule has 2 N–H and O–H groups in total. The van der Waals surface area contributed by atoms with Crippen LogP contribution >= 0.6 is 15.9 Å². The molecule has 8 heteroatoms. The summed E-state index contributed by atoms with van der Waals surface area (Å²) in [6.45, 7) is 16.0. The van der Waals surface area contributed by atoms with Gasteiger partial charge >= 0.3 is 15.9 Å². The molecule has 71 heavy (non-hydrogen) atoms. The first-order valence-electron chi connectivity index (χ1n) is 30.7. The first-order valence-corrected chi connectivity index (χ1v) is 33.9. The molecular weight excluding hydrogens is 915 g/mol. The van der Waals surface area contributed by atoms with Gasteiger partial charge in [-0.15, -0.1) is 0 Å². The van der Waals surface area contributed by atoms with Gasteiger partial charge < -0.3 is 0 Å². The fraction of sp³-hybridized carbons (Fsp3) is 0.810. The van der Waals surface area contributed by atoms with Crippen LogP contribution in [0.15, 0.2) is 48.5 Å². The lowest BCUT2D eigenvalue weighted by Gasteiger charge is -2.27. The number of hydrogen-bond donors (Lipinski definition) is 2. The zero-order valence-electron chi connectivity index (χ0n) is 47.7. The molecule has 0 amide bonds. The van der Waals surface area contributed by atoms with Gasteiger partial charge in [-0.3, -0.25) is 0 Å². The maximum absolute atomic E-state index is 11.0. The smallest absolute Gasteiger partial charge is 0.188 e. The molecule has 0 aromatic heterocycles. The Balaban J connectivity index is 2.15. The van der Waals surface area contributed by atoms with Gasteiger partial charge in [0.2, 0.25) is 0 Å². The maximum atomic E-state index is 11.0. The number of rotatable bonds is 52. The lowest BCUT2D eigenvalue weighted by atomic mass is 9.78. The van der Waals surface area contributed by atoms with Crippen LogP contribution < -0.4 is 10.6 Å². The van der Waals surface area contributed by atoms with E-state index in [-0.39, 0.29) is 5.41 Å². The molecule has 0 aliphatic heterocycles. The summed E-state index contributed by atoms with van der Waals surface area (Å²) in [6, 6.07) is 16.7. The molecule has 6 nitrogen and oxygen atoms in total. The maximum Gasteiger partial charge on any atom is 0.448 e. The molecule has 0 heterocycles. The van der Waals surface area contributed by atoms with Crippen molar-refractivity contribution < 1.29 is 27.9 Å². The highest BCUT2D eigenvalue weighted by Gasteiger charge is 2.49. The van der Waals surface area contributed by atoms with Crippen LogP contribution in [0.2, 0.25) is 0 Å². The van der Waals surface area contributed by atoms with Gasteiger partial charge in [0.1, 0.15) is 0 Å². The zero-order valence-corrected chi connectivity index (χ0v) is 49.4. The van der Waals surface area contributed by atoms with Crippen molar-refractivity contribution in [2.45, 2.75) is 304 Å². The second-order valence-electron chi connectivity index (χ2n) is 21.8. The topological polar surface area (TPSA) is 77.4 Å². The van der Waals surface area contributed by atoms with Crippen molar-refractivity contribution in [1.29, 1.82) is 0 Å². The van der Waals surface area contributed by atoms with E-state index in [4.69, 9.17) is 18.1 Å². The van der Waals surface area contributed by atoms with Gasteiger partial charge in [-0.1, -0.05) is 297 Å². The summed E-state index contributed by atoms with van der Waals surface area (Å²) in [4.78, 5) is 22.1. The van der Waals surface area contributed by atoms with E-state index in [0.29, 0.717) is 31.7 Å². The third-order valence-corrected chi connectivity index (χ3v) is 18.9. The number of benzene rings is 2. The van der Waals surface area contributed by atoms with Crippen molar-refractivity contribution in [3.63, 3.8) is 0 Å². The summed E-state index contributed by atoms with van der Waals surface area (Å²) in [6.07, 6.45) is 51.1. The average Bonchev–Trinajstić information content (AvgIpc) is 3.38. The highest BCUT2D eigenvalue weighted by atomic mass is 31.2. The molecule has 0 aliphatic rings. The van der Waals surface area contributed by atoms with E-state index in [1.165, 1.54) is 230 Å². The standard InChI is InChI=1S/C63H116O6P2/c1-7-11-15-19-23-27-31-35-39-43-55-66-70(64,65)61-51-47-59(48-52-61)63(5,6)60-49-53-62(54-50-60)71(67-56-44-40-36-32-28-24-20-16-12-8-2,68-57-45-41-37-33-29-25-21-17-13-9-3)69-58-46-42-38-34-30-26-22-18-14-10-4/h47-54,64-65H,7-46,55-58H2,1-6H3/q+2. The van der Waals surface area contributed by atoms with E-state index in [9.17, 15) is 9.79 Å². The van der Waals surface area contributed by atoms with Crippen LogP contribution in [-0.2, 0) is 23.5 Å². The van der Waals surface area contributed by atoms with Crippen LogP contribution in [0.5, 0.6) is 0 Å². The lowest BCUT2D eigenvalue weighted by molar-refractivity contribution is 0.140. The van der Waals surface area contributed by atoms with Crippen LogP contribution in [0, 0.1) is 0 Å². The molecule has 0 bridgehead atoms. The Bertz CT molecular complexity index is 1380. The van der Waals surface area contributed by atoms with Gasteiger partial charge in [0.25, 0.3) is 0 Å². The van der Waals surface area contributed by atoms with Gasteiger partial charge in [0.15, 0.2) is 10.6 Å². The monoisotopic (exact) mass is 1030 g/mol. The van der Waals surface area contributed by atoms with Crippen molar-refractivity contribution in [3.8, 4) is 0 Å². The third kappa shape index (κ3) is 31.6. The molecule has 0 fully saturated rings. The zero-order chi connectivity index (χ0) is 51.4. The Kier molecular flexibility index (Phi) is 41.2. The quantitative estimate of drug-likeness (QED) is 0.0508. The minimum Gasteiger partial charge on any atom is -0.188 e. The molecule has 0 saturated heterocycles. The Labute approximate surface area is 442 Å². The van der Waals surface area contributed by atoms with Gasteiger partial charge in [-0.25, -0.2) is 0 Å². The molecule has 0 atom stereocenters. The SMILES string of the molecule is CCCCCCCCCCCCO[P+](O)(O)c1ccc(C(C)(C)c2ccc([P+](OCCCCCCCCCCCC)(OCCCCCCCCCCCC)OCCCCCCCCCCCC)cc2)cc1. The van der Waals surface area contributed by atoms with Crippen molar-refractivity contribution in [2.24, 2.45) is 0 Å². The summed E-state index contributed by atoms with van der Waals surface area (Å²) >= 11 is 0. The highest BCUT2D eigenvalue weighted by Crippen LogP contribution is 2.61. The molecule has 0 aliphatic carbocycles. The van der Waals surface area contributed by atoms with E-state index in [2.05, 4.69) is 65.8 Å². The second kappa shape index (κ2) is 44.2. The predicted octanol–water partition coefficient (Wildman–Crippen LogP) is 20.5. The molecule has 2 aromatic carbocycles. The van der Waals surface area contributed by atoms with E-state index >= 15 is 0 Å². The van der Waals surface area contributed by atoms with Crippen LogP contribution in [0.25, 0.3) is 0 Å². The van der Waals surface area contributed by atoms with E-state index in [0.717, 1.165) is 43.0 Å². The first-order chi connectivity index (χ1) is 34.7. The van der Waals surface area contributed by atoms with Crippen LogP contribution in [0.3, 0.4) is 0 Å². The predicted molar refractivity (Wildman–Crippen MR) is 314 cm³/mol. The minimum absolute atomic E-state index is 0.328. The Morgan fingerprint density at radius 2 is 0.507 bits per heavy atom. The molecule has 412 valence electrons. The molecule has 0 radical (unpaired) electrons. The van der Waals surface area contributed by atoms with Crippen LogP contribution in [0.4, 0.5) is 0 Å². The van der Waals surface area contributed by atoms with Crippen LogP contribution in [0.1, 0.15) is 310 Å². The number of unbranched alkanes of at least 4 members (excludes halogenated alkanes) is 36. The fourth-order valence-corrected chi connectivity index (χ4v) is 13.2. The summed E-state index contributed by atoms with van der Waals surface area (Å²) in [5, 5.41) is 1.50. The Morgan fingerprint density at radius 1 is 0.296 bits per heavy atom. The van der Waals surface area contributed by atoms with Crippen LogP contribution in [-0.4, -0.2) is 36.2 Å². The second-order valence-corrected chi connectivity index (χ2v) is 26.0.